The molecule has 0 aliphatic carbocycles. The molecule has 0 saturated heterocycles. The highest BCUT2D eigenvalue weighted by Gasteiger charge is 2.09. The fraction of sp³-hybridized carbons (Fsp3) is 0.154. The number of rotatable bonds is 3. The van der Waals surface area contributed by atoms with E-state index in [4.69, 9.17) is 10.2 Å². The number of nitrogen functional groups attached to an aromatic ring is 1. The van der Waals surface area contributed by atoms with Gasteiger partial charge in [0.05, 0.1) is 0 Å². The number of nitrogens with one attached hydrogen (secondary N) is 1. The molecule has 17 heavy (non-hydrogen) atoms. The van der Waals surface area contributed by atoms with Crippen molar-refractivity contribution in [3.05, 3.63) is 53.3 Å². The summed E-state index contributed by atoms with van der Waals surface area (Å²) in [4.78, 5) is 11.6. The van der Waals surface area contributed by atoms with Crippen molar-refractivity contribution >= 4 is 11.8 Å². The van der Waals surface area contributed by atoms with E-state index in [0.29, 0.717) is 6.54 Å². The maximum absolute atomic E-state index is 11.6. The first-order chi connectivity index (χ1) is 8.15. The van der Waals surface area contributed by atoms with Gasteiger partial charge >= 0.3 is 0 Å². The number of aryl methyl sites for hydroxylation is 1. The Kier molecular flexibility index (Phi) is 3.14. The summed E-state index contributed by atoms with van der Waals surface area (Å²) in [5.41, 5.74) is 7.63. The van der Waals surface area contributed by atoms with Crippen molar-refractivity contribution in [3.8, 4) is 0 Å². The lowest BCUT2D eigenvalue weighted by Gasteiger charge is -2.03. The fourth-order valence-electron chi connectivity index (χ4n) is 1.45. The van der Waals surface area contributed by atoms with E-state index < -0.39 is 0 Å². The molecule has 1 aromatic heterocycles. The molecule has 0 fully saturated rings. The van der Waals surface area contributed by atoms with E-state index in [0.717, 1.165) is 5.56 Å². The van der Waals surface area contributed by atoms with Crippen LogP contribution in [-0.4, -0.2) is 5.91 Å². The lowest BCUT2D eigenvalue weighted by Crippen LogP contribution is -2.22. The number of benzene rings is 1. The zero-order chi connectivity index (χ0) is 12.3. The molecule has 0 atom stereocenters. The van der Waals surface area contributed by atoms with Crippen molar-refractivity contribution in [1.29, 1.82) is 0 Å². The first-order valence-electron chi connectivity index (χ1n) is 5.34. The van der Waals surface area contributed by atoms with Crippen LogP contribution in [0.3, 0.4) is 0 Å². The third kappa shape index (κ3) is 2.87. The van der Waals surface area contributed by atoms with E-state index in [-0.39, 0.29) is 17.6 Å². The van der Waals surface area contributed by atoms with Crippen LogP contribution in [0.4, 0.5) is 5.88 Å². The van der Waals surface area contributed by atoms with Crippen LogP contribution in [0, 0.1) is 6.92 Å². The molecule has 4 heteroatoms. The molecule has 4 nitrogen and oxygen atoms in total. The monoisotopic (exact) mass is 230 g/mol. The molecule has 0 aliphatic rings. The number of carbonyl (C=O) groups excluding carboxylic acids is 1. The molecular formula is C13H14N2O2. The molecule has 1 aromatic carbocycles. The minimum atomic E-state index is -0.262. The molecule has 2 aromatic rings. The molecule has 1 heterocycles. The summed E-state index contributed by atoms with van der Waals surface area (Å²) in [6, 6.07) is 11.1. The van der Waals surface area contributed by atoms with Crippen LogP contribution in [-0.2, 0) is 6.54 Å². The predicted octanol–water partition coefficient (Wildman–Crippen LogP) is 2.10. The van der Waals surface area contributed by atoms with Crippen molar-refractivity contribution in [2.24, 2.45) is 0 Å². The molecule has 1 amide bonds. The van der Waals surface area contributed by atoms with Crippen LogP contribution in [0.1, 0.15) is 21.7 Å². The Hall–Kier alpha value is -2.23. The van der Waals surface area contributed by atoms with E-state index >= 15 is 0 Å². The number of anilines is 1. The normalized spacial score (nSPS) is 10.2. The summed E-state index contributed by atoms with van der Waals surface area (Å²) in [5.74, 6) is 0.211. The molecule has 0 unspecified atom stereocenters. The Morgan fingerprint density at radius 3 is 2.53 bits per heavy atom. The van der Waals surface area contributed by atoms with Crippen molar-refractivity contribution in [1.82, 2.24) is 5.32 Å². The Morgan fingerprint density at radius 2 is 1.94 bits per heavy atom. The van der Waals surface area contributed by atoms with E-state index in [1.165, 1.54) is 5.56 Å². The van der Waals surface area contributed by atoms with Crippen molar-refractivity contribution in [3.63, 3.8) is 0 Å². The summed E-state index contributed by atoms with van der Waals surface area (Å²) in [6.45, 7) is 2.49. The summed E-state index contributed by atoms with van der Waals surface area (Å²) in [6.07, 6.45) is 0. The van der Waals surface area contributed by atoms with Gasteiger partial charge in [-0.1, -0.05) is 29.8 Å². The van der Waals surface area contributed by atoms with E-state index in [1.54, 1.807) is 12.1 Å². The van der Waals surface area contributed by atoms with Gasteiger partial charge in [-0.2, -0.15) is 0 Å². The molecule has 2 rings (SSSR count). The SMILES string of the molecule is Cc1ccc(CNC(=O)c2ccc(N)o2)cc1. The predicted molar refractivity (Wildman–Crippen MR) is 65.5 cm³/mol. The van der Waals surface area contributed by atoms with Gasteiger partial charge in [-0.05, 0) is 18.6 Å². The van der Waals surface area contributed by atoms with Gasteiger partial charge < -0.3 is 15.5 Å². The highest BCUT2D eigenvalue weighted by Crippen LogP contribution is 2.09. The van der Waals surface area contributed by atoms with Crippen LogP contribution < -0.4 is 11.1 Å². The van der Waals surface area contributed by atoms with Crippen molar-refractivity contribution in [2.45, 2.75) is 13.5 Å². The molecule has 88 valence electrons. The Balaban J connectivity index is 1.94. The third-order valence-electron chi connectivity index (χ3n) is 2.42. The van der Waals surface area contributed by atoms with Crippen molar-refractivity contribution in [2.75, 3.05) is 5.73 Å². The summed E-state index contributed by atoms with van der Waals surface area (Å²) in [5, 5.41) is 2.76. The second-order valence-corrected chi connectivity index (χ2v) is 3.87. The first-order valence-corrected chi connectivity index (χ1v) is 5.34. The number of hydrogen-bond acceptors (Lipinski definition) is 3. The summed E-state index contributed by atoms with van der Waals surface area (Å²) in [7, 11) is 0. The van der Waals surface area contributed by atoms with Gasteiger partial charge in [-0.15, -0.1) is 0 Å². The second kappa shape index (κ2) is 4.74. The van der Waals surface area contributed by atoms with E-state index in [1.807, 2.05) is 31.2 Å². The molecule has 0 spiro atoms. The maximum atomic E-state index is 11.6. The third-order valence-corrected chi connectivity index (χ3v) is 2.42. The van der Waals surface area contributed by atoms with Gasteiger partial charge in [-0.3, -0.25) is 4.79 Å². The van der Waals surface area contributed by atoms with Crippen LogP contribution in [0.25, 0.3) is 0 Å². The molecule has 0 bridgehead atoms. The lowest BCUT2D eigenvalue weighted by atomic mass is 10.1. The quantitative estimate of drug-likeness (QED) is 0.848. The first kappa shape index (κ1) is 11.3. The van der Waals surface area contributed by atoms with Gasteiger partial charge in [0.25, 0.3) is 5.91 Å². The maximum Gasteiger partial charge on any atom is 0.287 e. The van der Waals surface area contributed by atoms with Crippen LogP contribution in [0.5, 0.6) is 0 Å². The van der Waals surface area contributed by atoms with Crippen LogP contribution in [0.2, 0.25) is 0 Å². The lowest BCUT2D eigenvalue weighted by molar-refractivity contribution is 0.0924. The zero-order valence-electron chi connectivity index (χ0n) is 9.57. The number of nitrogens with two attached hydrogens (primary N) is 1. The number of hydrogen-bond donors (Lipinski definition) is 2. The van der Waals surface area contributed by atoms with Gasteiger partial charge in [0.2, 0.25) is 0 Å². The van der Waals surface area contributed by atoms with Gasteiger partial charge in [0.1, 0.15) is 0 Å². The average molecular weight is 230 g/mol. The zero-order valence-corrected chi connectivity index (χ0v) is 9.57. The van der Waals surface area contributed by atoms with Gasteiger partial charge in [-0.25, -0.2) is 0 Å². The van der Waals surface area contributed by atoms with E-state index in [9.17, 15) is 4.79 Å². The standard InChI is InChI=1S/C13H14N2O2/c1-9-2-4-10(5-3-9)8-15-13(16)11-6-7-12(14)17-11/h2-7H,8,14H2,1H3,(H,15,16). The van der Waals surface area contributed by atoms with Gasteiger partial charge in [0.15, 0.2) is 11.6 Å². The number of furan rings is 1. The van der Waals surface area contributed by atoms with Crippen LogP contribution in [0.15, 0.2) is 40.8 Å². The Morgan fingerprint density at radius 1 is 1.24 bits per heavy atom. The minimum Gasteiger partial charge on any atom is -0.436 e. The fourth-order valence-corrected chi connectivity index (χ4v) is 1.45. The molecule has 0 aliphatic heterocycles. The Labute approximate surface area is 99.4 Å². The molecule has 0 saturated carbocycles. The highest BCUT2D eigenvalue weighted by atomic mass is 16.4. The topological polar surface area (TPSA) is 68.3 Å². The number of amides is 1. The van der Waals surface area contributed by atoms with Crippen LogP contribution >= 0.6 is 0 Å². The molecule has 3 N–H and O–H groups in total. The van der Waals surface area contributed by atoms with E-state index in [2.05, 4.69) is 5.32 Å². The second-order valence-electron chi connectivity index (χ2n) is 3.87. The summed E-state index contributed by atoms with van der Waals surface area (Å²) < 4.78 is 5.02. The highest BCUT2D eigenvalue weighted by molar-refractivity contribution is 5.91. The summed E-state index contributed by atoms with van der Waals surface area (Å²) >= 11 is 0. The average Bonchev–Trinajstić information content (AvgIpc) is 2.75. The molecular weight excluding hydrogens is 216 g/mol. The largest absolute Gasteiger partial charge is 0.436 e. The Bertz CT molecular complexity index is 514. The van der Waals surface area contributed by atoms with Gasteiger partial charge in [0, 0.05) is 12.6 Å². The van der Waals surface area contributed by atoms with Crippen molar-refractivity contribution < 1.29 is 9.21 Å². The number of carbonyl (C=O) groups is 1. The molecule has 0 radical (unpaired) electrons. The minimum absolute atomic E-state index is 0.231. The smallest absolute Gasteiger partial charge is 0.287 e.